The van der Waals surface area contributed by atoms with Gasteiger partial charge in [0.05, 0.1) is 11.7 Å². The molecule has 0 radical (unpaired) electrons. The van der Waals surface area contributed by atoms with Crippen molar-refractivity contribution < 1.29 is 23.1 Å². The first-order chi connectivity index (χ1) is 15.0. The van der Waals surface area contributed by atoms with Crippen molar-refractivity contribution in [1.82, 2.24) is 0 Å². The number of allylic oxidation sites excluding steroid dienone is 2. The maximum atomic E-state index is 13.5. The Hall–Kier alpha value is -1.88. The Kier molecular flexibility index (Phi) is 5.01. The van der Waals surface area contributed by atoms with E-state index >= 15 is 0 Å². The number of ketones is 1. The molecule has 1 aromatic rings. The zero-order valence-corrected chi connectivity index (χ0v) is 18.7. The van der Waals surface area contributed by atoms with E-state index in [1.807, 2.05) is 6.08 Å². The zero-order valence-electron chi connectivity index (χ0n) is 18.7. The van der Waals surface area contributed by atoms with Crippen LogP contribution in [0, 0.1) is 28.6 Å². The minimum atomic E-state index is -4.36. The van der Waals surface area contributed by atoms with Crippen molar-refractivity contribution in [3.8, 4) is 0 Å². The number of Topliss-reactive ketones (excluding diaryl/α,β-unsaturated/α-hetero) is 1. The molecule has 0 aromatic heterocycles. The highest BCUT2D eigenvalue weighted by Gasteiger charge is 2.59. The van der Waals surface area contributed by atoms with Gasteiger partial charge in [-0.05, 0) is 97.5 Å². The average Bonchev–Trinajstić information content (AvgIpc) is 2.99. The second-order valence-electron chi connectivity index (χ2n) is 10.9. The van der Waals surface area contributed by atoms with Crippen molar-refractivity contribution in [1.29, 1.82) is 0 Å². The number of alkyl halides is 3. The summed E-state index contributed by atoms with van der Waals surface area (Å²) in [6, 6.07) is 5.09. The molecule has 6 atom stereocenters. The van der Waals surface area contributed by atoms with Crippen LogP contribution in [-0.2, 0) is 11.0 Å². The number of halogens is 3. The molecule has 3 saturated carbocycles. The first kappa shape index (κ1) is 21.9. The number of hydrogen-bond donors (Lipinski definition) is 1. The maximum Gasteiger partial charge on any atom is 0.416 e. The van der Waals surface area contributed by atoms with Gasteiger partial charge in [-0.25, -0.2) is 0 Å². The second-order valence-corrected chi connectivity index (χ2v) is 10.9. The quantitative estimate of drug-likeness (QED) is 0.392. The molecule has 172 valence electrons. The Morgan fingerprint density at radius 1 is 1.00 bits per heavy atom. The molecule has 1 N–H and O–H groups in total. The number of fused-ring (bicyclic) bond motifs is 5. The molecule has 4 aliphatic rings. The van der Waals surface area contributed by atoms with Gasteiger partial charge < -0.3 is 5.11 Å². The number of aliphatic hydroxyl groups excluding tert-OH is 1. The van der Waals surface area contributed by atoms with Gasteiger partial charge in [-0.2, -0.15) is 13.2 Å². The van der Waals surface area contributed by atoms with Gasteiger partial charge in [0.25, 0.3) is 0 Å². The molecule has 2 nitrogen and oxygen atoms in total. The highest BCUT2D eigenvalue weighted by Crippen LogP contribution is 2.64. The Labute approximate surface area is 187 Å². The van der Waals surface area contributed by atoms with Gasteiger partial charge >= 0.3 is 6.18 Å². The summed E-state index contributed by atoms with van der Waals surface area (Å²) >= 11 is 0. The van der Waals surface area contributed by atoms with E-state index < -0.39 is 11.7 Å². The number of hydrogen-bond acceptors (Lipinski definition) is 2. The lowest BCUT2D eigenvalue weighted by molar-refractivity contribution is -0.137. The molecule has 0 heterocycles. The highest BCUT2D eigenvalue weighted by molar-refractivity contribution is 6.05. The molecule has 1 aromatic carbocycles. The summed E-state index contributed by atoms with van der Waals surface area (Å²) in [7, 11) is 0. The topological polar surface area (TPSA) is 37.3 Å². The molecular formula is C27H31F3O2. The first-order valence-corrected chi connectivity index (χ1v) is 11.8. The minimum absolute atomic E-state index is 0.117. The number of aliphatic hydroxyl groups is 1. The predicted octanol–water partition coefficient (Wildman–Crippen LogP) is 6.59. The van der Waals surface area contributed by atoms with Gasteiger partial charge in [-0.15, -0.1) is 0 Å². The third-order valence-electron chi connectivity index (χ3n) is 9.30. The molecule has 0 spiro atoms. The van der Waals surface area contributed by atoms with E-state index in [-0.39, 0.29) is 28.6 Å². The van der Waals surface area contributed by atoms with Gasteiger partial charge in [-0.1, -0.05) is 37.6 Å². The Morgan fingerprint density at radius 2 is 1.69 bits per heavy atom. The molecule has 0 bridgehead atoms. The van der Waals surface area contributed by atoms with Crippen molar-refractivity contribution in [2.75, 3.05) is 0 Å². The smallest absolute Gasteiger partial charge is 0.393 e. The second kappa shape index (κ2) is 7.31. The number of rotatable bonds is 1. The van der Waals surface area contributed by atoms with E-state index in [1.54, 1.807) is 0 Å². The predicted molar refractivity (Wildman–Crippen MR) is 118 cm³/mol. The lowest BCUT2D eigenvalue weighted by atomic mass is 9.48. The summed E-state index contributed by atoms with van der Waals surface area (Å²) in [5.41, 5.74) is 1.89. The standard InChI is InChI=1S/C27H31F3O2/c1-25-11-9-20(31)15-19(25)7-8-21-22(25)10-12-26(2)23(21)14-17(24(26)32)13-16-3-5-18(6-4-16)27(28,29)30/h3-7,13,20-23,31H,8-12,14-15H2,1-2H3/b17-13+/t20-,21+,22-,23-,25-,26-/m0/s1. The summed E-state index contributed by atoms with van der Waals surface area (Å²) in [6.07, 6.45) is 5.76. The van der Waals surface area contributed by atoms with Crippen LogP contribution in [0.4, 0.5) is 13.2 Å². The van der Waals surface area contributed by atoms with Crippen molar-refractivity contribution in [2.24, 2.45) is 28.6 Å². The number of carbonyl (C=O) groups is 1. The fourth-order valence-electron chi connectivity index (χ4n) is 7.41. The van der Waals surface area contributed by atoms with Crippen molar-refractivity contribution >= 4 is 11.9 Å². The van der Waals surface area contributed by atoms with E-state index in [4.69, 9.17) is 0 Å². The summed E-state index contributed by atoms with van der Waals surface area (Å²) < 4.78 is 38.6. The molecular weight excluding hydrogens is 413 g/mol. The Bertz CT molecular complexity index is 989. The molecule has 3 fully saturated rings. The van der Waals surface area contributed by atoms with Crippen LogP contribution in [0.25, 0.3) is 6.08 Å². The van der Waals surface area contributed by atoms with Crippen molar-refractivity contribution in [2.45, 2.75) is 71.1 Å². The third kappa shape index (κ3) is 3.30. The Morgan fingerprint density at radius 3 is 2.38 bits per heavy atom. The van der Waals surface area contributed by atoms with Crippen molar-refractivity contribution in [3.63, 3.8) is 0 Å². The van der Waals surface area contributed by atoms with Crippen LogP contribution >= 0.6 is 0 Å². The minimum Gasteiger partial charge on any atom is -0.393 e. The van der Waals surface area contributed by atoms with Crippen LogP contribution in [0.2, 0.25) is 0 Å². The van der Waals surface area contributed by atoms with Crippen LogP contribution < -0.4 is 0 Å². The zero-order chi connectivity index (χ0) is 22.9. The van der Waals surface area contributed by atoms with Gasteiger partial charge in [0.2, 0.25) is 0 Å². The van der Waals surface area contributed by atoms with Gasteiger partial charge in [0.15, 0.2) is 5.78 Å². The molecule has 0 amide bonds. The van der Waals surface area contributed by atoms with E-state index in [2.05, 4.69) is 19.9 Å². The SMILES string of the molecule is C[C@]12CC[C@H](O)CC1=CC[C@@H]1[C@@H]2CC[C@]2(C)C(=O)/C(=C/c3ccc(C(F)(F)F)cc3)C[C@@H]12. The van der Waals surface area contributed by atoms with Crippen LogP contribution in [0.3, 0.4) is 0 Å². The van der Waals surface area contributed by atoms with E-state index in [0.717, 1.165) is 56.2 Å². The van der Waals surface area contributed by atoms with Crippen LogP contribution in [-0.4, -0.2) is 17.0 Å². The summed E-state index contributed by atoms with van der Waals surface area (Å²) in [4.78, 5) is 13.5. The molecule has 5 rings (SSSR count). The average molecular weight is 445 g/mol. The molecule has 0 unspecified atom stereocenters. The van der Waals surface area contributed by atoms with Gasteiger partial charge in [0.1, 0.15) is 0 Å². The van der Waals surface area contributed by atoms with E-state index in [9.17, 15) is 23.1 Å². The summed E-state index contributed by atoms with van der Waals surface area (Å²) in [5.74, 6) is 1.43. The third-order valence-corrected chi connectivity index (χ3v) is 9.30. The highest BCUT2D eigenvalue weighted by atomic mass is 19.4. The maximum absolute atomic E-state index is 13.5. The molecule has 5 heteroatoms. The fraction of sp³-hybridized carbons (Fsp3) is 0.593. The Balaban J connectivity index is 1.43. The van der Waals surface area contributed by atoms with E-state index in [1.165, 1.54) is 17.7 Å². The van der Waals surface area contributed by atoms with Crippen LogP contribution in [0.5, 0.6) is 0 Å². The normalized spacial score (nSPS) is 40.5. The van der Waals surface area contributed by atoms with E-state index in [0.29, 0.717) is 23.8 Å². The van der Waals surface area contributed by atoms with Crippen molar-refractivity contribution in [3.05, 3.63) is 52.6 Å². The lowest BCUT2D eigenvalue weighted by Crippen LogP contribution is -2.50. The number of carbonyl (C=O) groups excluding carboxylic acids is 1. The number of benzene rings is 1. The monoisotopic (exact) mass is 444 g/mol. The largest absolute Gasteiger partial charge is 0.416 e. The summed E-state index contributed by atoms with van der Waals surface area (Å²) in [5, 5.41) is 10.2. The lowest BCUT2D eigenvalue weighted by Gasteiger charge is -2.56. The molecule has 4 aliphatic carbocycles. The molecule has 32 heavy (non-hydrogen) atoms. The fourth-order valence-corrected chi connectivity index (χ4v) is 7.41. The van der Waals surface area contributed by atoms with Crippen LogP contribution in [0.15, 0.2) is 41.5 Å². The van der Waals surface area contributed by atoms with Gasteiger partial charge in [-0.3, -0.25) is 4.79 Å². The van der Waals surface area contributed by atoms with Crippen LogP contribution in [0.1, 0.15) is 69.9 Å². The molecule has 0 aliphatic heterocycles. The van der Waals surface area contributed by atoms with Gasteiger partial charge in [0, 0.05) is 5.41 Å². The first-order valence-electron chi connectivity index (χ1n) is 11.8. The summed E-state index contributed by atoms with van der Waals surface area (Å²) in [6.45, 7) is 4.47. The molecule has 0 saturated heterocycles.